The molecule has 0 aromatic heterocycles. The number of hydrogen-bond acceptors (Lipinski definition) is 2. The predicted molar refractivity (Wildman–Crippen MR) is 167 cm³/mol. The van der Waals surface area contributed by atoms with Crippen LogP contribution in [0.5, 0.6) is 0 Å². The first-order valence-corrected chi connectivity index (χ1v) is 13.7. The first-order valence-electron chi connectivity index (χ1n) is 13.7. The zero-order valence-corrected chi connectivity index (χ0v) is 26.1. The quantitative estimate of drug-likeness (QED) is 0.148. The maximum Gasteiger partial charge on any atom is 0.0738 e. The number of aryl methyl sites for hydroxylation is 8. The Morgan fingerprint density at radius 2 is 0.923 bits per heavy atom. The average Bonchev–Trinajstić information content (AvgIpc) is 2.87. The summed E-state index contributed by atoms with van der Waals surface area (Å²) in [6, 6.07) is 22.1. The summed E-state index contributed by atoms with van der Waals surface area (Å²) >= 11 is 0. The van der Waals surface area contributed by atoms with Crippen molar-refractivity contribution in [1.82, 2.24) is 0 Å². The summed E-state index contributed by atoms with van der Waals surface area (Å²) in [6.07, 6.45) is 5.69. The molecule has 0 N–H and O–H groups in total. The maximum absolute atomic E-state index is 4.98. The van der Waals surface area contributed by atoms with Crippen LogP contribution >= 0.6 is 0 Å². The third kappa shape index (κ3) is 6.55. The van der Waals surface area contributed by atoms with Crippen LogP contribution in [0.2, 0.25) is 0 Å². The Hall–Kier alpha value is -3.12. The van der Waals surface area contributed by atoms with Crippen molar-refractivity contribution in [3.63, 3.8) is 0 Å². The van der Waals surface area contributed by atoms with Crippen molar-refractivity contribution >= 4 is 23.8 Å². The van der Waals surface area contributed by atoms with Gasteiger partial charge >= 0.3 is 0 Å². The van der Waals surface area contributed by atoms with Gasteiger partial charge in [-0.2, -0.15) is 0 Å². The van der Waals surface area contributed by atoms with Crippen LogP contribution in [0, 0.1) is 41.5 Å². The minimum absolute atomic E-state index is 0. The zero-order chi connectivity index (χ0) is 27.4. The van der Waals surface area contributed by atoms with Crippen LogP contribution in [0.25, 0.3) is 22.3 Å². The van der Waals surface area contributed by atoms with Crippen LogP contribution in [-0.4, -0.2) is 12.4 Å². The predicted octanol–water partition coefficient (Wildman–Crippen LogP) is 10.1. The van der Waals surface area contributed by atoms with Crippen LogP contribution in [0.1, 0.15) is 58.4 Å². The summed E-state index contributed by atoms with van der Waals surface area (Å²) in [5.74, 6) is 0. The van der Waals surface area contributed by atoms with E-state index in [1.807, 2.05) is 12.4 Å². The van der Waals surface area contributed by atoms with E-state index < -0.39 is 0 Å². The topological polar surface area (TPSA) is 24.7 Å². The minimum Gasteiger partial charge on any atom is -0.254 e. The molecule has 3 heteroatoms. The normalized spacial score (nSPS) is 11.4. The van der Waals surface area contributed by atoms with Gasteiger partial charge in [0.05, 0.1) is 11.4 Å². The van der Waals surface area contributed by atoms with Gasteiger partial charge in [-0.15, -0.1) is 0 Å². The van der Waals surface area contributed by atoms with Gasteiger partial charge in [0.15, 0.2) is 0 Å². The third-order valence-corrected chi connectivity index (χ3v) is 7.38. The van der Waals surface area contributed by atoms with Crippen LogP contribution < -0.4 is 0 Å². The molecule has 4 aromatic rings. The van der Waals surface area contributed by atoms with Crippen molar-refractivity contribution < 1.29 is 20.4 Å². The van der Waals surface area contributed by atoms with Crippen molar-refractivity contribution in [2.75, 3.05) is 0 Å². The Labute approximate surface area is 249 Å². The van der Waals surface area contributed by atoms with Gasteiger partial charge in [-0.1, -0.05) is 73.5 Å². The Balaban J connectivity index is 0.00000420. The largest absolute Gasteiger partial charge is 0.254 e. The van der Waals surface area contributed by atoms with Gasteiger partial charge in [-0.3, -0.25) is 9.98 Å². The smallest absolute Gasteiger partial charge is 0.0738 e. The second-order valence-electron chi connectivity index (χ2n) is 10.4. The zero-order valence-electron chi connectivity index (χ0n) is 24.6. The average molecular weight is 607 g/mol. The van der Waals surface area contributed by atoms with Crippen molar-refractivity contribution in [3.05, 3.63) is 105 Å². The fourth-order valence-corrected chi connectivity index (χ4v) is 5.68. The van der Waals surface area contributed by atoms with Gasteiger partial charge in [0, 0.05) is 44.0 Å². The van der Waals surface area contributed by atoms with Gasteiger partial charge in [0.2, 0.25) is 0 Å². The fraction of sp³-hybridized carbons (Fsp3) is 0.278. The standard InChI is InChI=1S/C36H40N2.Pd/c1-9-29-15-11-13-25(5)33(29)31-21-23(3)19-27(7)35(31)37-17-18-38-36-28(8)20-24(4)22-32(36)34-26(6)14-12-16-30(34)10-2;/h11-22H,9-10H2,1-8H3;. The van der Waals surface area contributed by atoms with E-state index in [0.717, 1.165) is 24.2 Å². The molecule has 39 heavy (non-hydrogen) atoms. The van der Waals surface area contributed by atoms with Crippen LogP contribution in [0.3, 0.4) is 0 Å². The Kier molecular flexibility index (Phi) is 10.4. The number of hydrogen-bond donors (Lipinski definition) is 0. The number of nitrogens with zero attached hydrogens (tertiary/aromatic N) is 2. The van der Waals surface area contributed by atoms with Gasteiger partial charge in [-0.05, 0) is 111 Å². The summed E-state index contributed by atoms with van der Waals surface area (Å²) in [5.41, 5.74) is 17.1. The molecule has 0 radical (unpaired) electrons. The summed E-state index contributed by atoms with van der Waals surface area (Å²) in [4.78, 5) is 9.96. The maximum atomic E-state index is 4.98. The Morgan fingerprint density at radius 1 is 0.538 bits per heavy atom. The molecule has 0 heterocycles. The summed E-state index contributed by atoms with van der Waals surface area (Å²) in [7, 11) is 0. The Bertz CT molecular complexity index is 1430. The molecular weight excluding hydrogens is 567 g/mol. The van der Waals surface area contributed by atoms with E-state index >= 15 is 0 Å². The summed E-state index contributed by atoms with van der Waals surface area (Å²) in [5, 5.41) is 0. The first-order chi connectivity index (χ1) is 18.2. The van der Waals surface area contributed by atoms with Gasteiger partial charge in [-0.25, -0.2) is 0 Å². The molecule has 0 unspecified atom stereocenters. The molecule has 2 nitrogen and oxygen atoms in total. The molecule has 4 aromatic carbocycles. The van der Waals surface area contributed by atoms with Crippen molar-refractivity contribution in [2.45, 2.75) is 68.2 Å². The van der Waals surface area contributed by atoms with Crippen molar-refractivity contribution in [2.24, 2.45) is 9.98 Å². The molecule has 0 aliphatic heterocycles. The fourth-order valence-electron chi connectivity index (χ4n) is 5.68. The molecule has 0 atom stereocenters. The van der Waals surface area contributed by atoms with Crippen molar-refractivity contribution in [3.8, 4) is 22.3 Å². The molecule has 0 saturated carbocycles. The molecule has 0 spiro atoms. The van der Waals surface area contributed by atoms with Crippen LogP contribution in [0.4, 0.5) is 11.4 Å². The van der Waals surface area contributed by atoms with E-state index in [9.17, 15) is 0 Å². The second-order valence-corrected chi connectivity index (χ2v) is 10.4. The van der Waals surface area contributed by atoms with E-state index in [-0.39, 0.29) is 20.4 Å². The molecule has 0 saturated heterocycles. The summed E-state index contributed by atoms with van der Waals surface area (Å²) < 4.78 is 0. The molecule has 0 aliphatic rings. The minimum atomic E-state index is 0. The molecule has 204 valence electrons. The molecule has 0 amide bonds. The van der Waals surface area contributed by atoms with E-state index in [0.29, 0.717) is 0 Å². The molecule has 0 bridgehead atoms. The van der Waals surface area contributed by atoms with E-state index in [2.05, 4.69) is 116 Å². The van der Waals surface area contributed by atoms with E-state index in [4.69, 9.17) is 9.98 Å². The molecular formula is C36H40N2Pd. The SMILES string of the molecule is CCc1cccc(C)c1-c1cc(C)cc(C)c1N=CC=Nc1c(C)cc(C)cc1-c1c(C)cccc1CC.[Pd]. The van der Waals surface area contributed by atoms with Crippen molar-refractivity contribution in [1.29, 1.82) is 0 Å². The number of aliphatic imine (C=N–C) groups is 2. The molecule has 0 aliphatic carbocycles. The van der Waals surface area contributed by atoms with Gasteiger partial charge < -0.3 is 0 Å². The number of rotatable bonds is 7. The van der Waals surface area contributed by atoms with Gasteiger partial charge in [0.25, 0.3) is 0 Å². The molecule has 0 fully saturated rings. The van der Waals surface area contributed by atoms with E-state index in [1.165, 1.54) is 66.8 Å². The van der Waals surface area contributed by atoms with Crippen LogP contribution in [0.15, 0.2) is 70.6 Å². The van der Waals surface area contributed by atoms with Gasteiger partial charge in [0.1, 0.15) is 0 Å². The molecule has 4 rings (SSSR count). The second kappa shape index (κ2) is 13.3. The van der Waals surface area contributed by atoms with Crippen LogP contribution in [-0.2, 0) is 33.3 Å². The third-order valence-electron chi connectivity index (χ3n) is 7.38. The summed E-state index contributed by atoms with van der Waals surface area (Å²) in [6.45, 7) is 17.4. The monoisotopic (exact) mass is 606 g/mol. The van der Waals surface area contributed by atoms with E-state index in [1.54, 1.807) is 0 Å². The number of benzene rings is 4. The first kappa shape index (κ1) is 30.4. The Morgan fingerprint density at radius 3 is 1.28 bits per heavy atom.